The molecule has 0 saturated carbocycles. The van der Waals surface area contributed by atoms with Crippen LogP contribution in [0.4, 0.5) is 0 Å². The number of ether oxygens (including phenoxy) is 1. The van der Waals surface area contributed by atoms with E-state index in [2.05, 4.69) is 9.84 Å². The molecule has 0 saturated heterocycles. The zero-order valence-corrected chi connectivity index (χ0v) is 4.92. The molecular formula is C3H6BN3O2. The molecule has 2 radical (unpaired) electrons. The quantitative estimate of drug-likeness (QED) is 0.142. The van der Waals surface area contributed by atoms with Gasteiger partial charge in [-0.3, -0.25) is 0 Å². The van der Waals surface area contributed by atoms with Crippen molar-refractivity contribution in [2.24, 2.45) is 10.8 Å². The van der Waals surface area contributed by atoms with Crippen molar-refractivity contribution in [2.75, 3.05) is 7.11 Å². The summed E-state index contributed by atoms with van der Waals surface area (Å²) in [5, 5.41) is 4.99. The maximum Gasteiger partial charge on any atom is 0.375 e. The number of rotatable bonds is 1. The fourth-order valence-electron chi connectivity index (χ4n) is 0.220. The Kier molecular flexibility index (Phi) is 3.26. The molecule has 0 aromatic rings. The topological polar surface area (TPSA) is 76.7 Å². The number of nitrogens with two attached hydrogens (primary N) is 1. The molecule has 6 heteroatoms. The molecule has 0 atom stereocenters. The van der Waals surface area contributed by atoms with Crippen LogP contribution in [0.3, 0.4) is 0 Å². The number of nitrogens with one attached hydrogen (secondary N) is 1. The number of carbonyl (C=O) groups is 1. The minimum absolute atomic E-state index is 0.306. The SMILES string of the molecule is [B]N/N=C(\N)C(=O)OC. The fraction of sp³-hybridized carbons (Fsp3) is 0.333. The van der Waals surface area contributed by atoms with E-state index in [1.165, 1.54) is 7.11 Å². The van der Waals surface area contributed by atoms with E-state index < -0.39 is 5.97 Å². The first-order valence-electron chi connectivity index (χ1n) is 2.09. The molecule has 0 amide bonds. The van der Waals surface area contributed by atoms with Gasteiger partial charge in [0.2, 0.25) is 5.84 Å². The van der Waals surface area contributed by atoms with Gasteiger partial charge in [-0.25, -0.2) is 4.79 Å². The number of hydrogen-bond acceptors (Lipinski definition) is 4. The van der Waals surface area contributed by atoms with Crippen LogP contribution in [0.15, 0.2) is 5.10 Å². The molecular weight excluding hydrogens is 121 g/mol. The fourth-order valence-corrected chi connectivity index (χ4v) is 0.220. The van der Waals surface area contributed by atoms with Gasteiger partial charge in [-0.05, 0) is 0 Å². The minimum Gasteiger partial charge on any atom is -0.463 e. The number of hydrazone groups is 1. The van der Waals surface area contributed by atoms with Crippen molar-refractivity contribution in [1.82, 2.24) is 5.34 Å². The molecule has 3 N–H and O–H groups in total. The lowest BCUT2D eigenvalue weighted by Gasteiger charge is -1.95. The molecule has 0 heterocycles. The third kappa shape index (κ3) is 2.58. The van der Waals surface area contributed by atoms with E-state index in [4.69, 9.17) is 13.7 Å². The highest BCUT2D eigenvalue weighted by atomic mass is 16.5. The largest absolute Gasteiger partial charge is 0.463 e. The lowest BCUT2D eigenvalue weighted by molar-refractivity contribution is -0.132. The zero-order chi connectivity index (χ0) is 7.28. The van der Waals surface area contributed by atoms with Gasteiger partial charge in [0.1, 0.15) is 0 Å². The standard InChI is InChI=1S/C3H6BN3O2/c1-9-3(8)2(5)6-7-4/h7H,1H3,(H2,5,6). The molecule has 9 heavy (non-hydrogen) atoms. The van der Waals surface area contributed by atoms with Crippen molar-refractivity contribution in [2.45, 2.75) is 0 Å². The first kappa shape index (κ1) is 7.80. The third-order valence-electron chi connectivity index (χ3n) is 0.580. The first-order valence-corrected chi connectivity index (χ1v) is 2.09. The number of carbonyl (C=O) groups excluding carboxylic acids is 1. The molecule has 0 bridgehead atoms. The van der Waals surface area contributed by atoms with E-state index >= 15 is 0 Å². The molecule has 0 unspecified atom stereocenters. The summed E-state index contributed by atoms with van der Waals surface area (Å²) in [5.41, 5.74) is 4.97. The summed E-state index contributed by atoms with van der Waals surface area (Å²) in [7, 11) is 5.89. The van der Waals surface area contributed by atoms with Crippen LogP contribution in [0.1, 0.15) is 0 Å². The van der Waals surface area contributed by atoms with Gasteiger partial charge in [0.05, 0.1) is 7.11 Å². The summed E-state index contributed by atoms with van der Waals surface area (Å²) >= 11 is 0. The molecule has 5 nitrogen and oxygen atoms in total. The highest BCUT2D eigenvalue weighted by Crippen LogP contribution is 1.70. The Balaban J connectivity index is 3.86. The Morgan fingerprint density at radius 3 is 2.78 bits per heavy atom. The predicted molar refractivity (Wildman–Crippen MR) is 32.5 cm³/mol. The minimum atomic E-state index is -0.715. The van der Waals surface area contributed by atoms with Crippen LogP contribution in [0.2, 0.25) is 0 Å². The summed E-state index contributed by atoms with van der Waals surface area (Å²) < 4.78 is 4.17. The maximum absolute atomic E-state index is 10.3. The van der Waals surface area contributed by atoms with E-state index in [0.29, 0.717) is 0 Å². The third-order valence-corrected chi connectivity index (χ3v) is 0.580. The second-order valence-corrected chi connectivity index (χ2v) is 1.12. The normalized spacial score (nSPS) is 10.6. The van der Waals surface area contributed by atoms with Crippen molar-refractivity contribution in [1.29, 1.82) is 0 Å². The molecule has 48 valence electrons. The maximum atomic E-state index is 10.3. The summed E-state index contributed by atoms with van der Waals surface area (Å²) in [6.07, 6.45) is 0. The van der Waals surface area contributed by atoms with Crippen molar-refractivity contribution < 1.29 is 9.53 Å². The number of nitrogens with zero attached hydrogens (tertiary/aromatic N) is 1. The number of methoxy groups -OCH3 is 1. The predicted octanol–water partition coefficient (Wildman–Crippen LogP) is -1.90. The van der Waals surface area contributed by atoms with Crippen LogP contribution in [0.5, 0.6) is 0 Å². The summed E-state index contributed by atoms with van der Waals surface area (Å²) in [4.78, 5) is 10.3. The summed E-state index contributed by atoms with van der Waals surface area (Å²) in [6.45, 7) is 0. The monoisotopic (exact) mass is 127 g/mol. The van der Waals surface area contributed by atoms with Crippen LogP contribution in [-0.2, 0) is 9.53 Å². The zero-order valence-electron chi connectivity index (χ0n) is 4.92. The molecule has 0 aromatic carbocycles. The molecule has 0 fully saturated rings. The summed E-state index contributed by atoms with van der Waals surface area (Å²) in [5.74, 6) is -1.02. The Morgan fingerprint density at radius 1 is 1.89 bits per heavy atom. The number of amidine groups is 1. The number of hydrogen-bond donors (Lipinski definition) is 2. The molecule has 0 aliphatic heterocycles. The van der Waals surface area contributed by atoms with Crippen LogP contribution in [-0.4, -0.2) is 26.9 Å². The van der Waals surface area contributed by atoms with Crippen LogP contribution in [0, 0.1) is 0 Å². The Bertz CT molecular complexity index is 135. The molecule has 0 aromatic heterocycles. The van der Waals surface area contributed by atoms with Crippen LogP contribution < -0.4 is 11.1 Å². The van der Waals surface area contributed by atoms with E-state index in [1.54, 1.807) is 0 Å². The van der Waals surface area contributed by atoms with Gasteiger partial charge < -0.3 is 15.8 Å². The second kappa shape index (κ2) is 3.76. The van der Waals surface area contributed by atoms with Crippen LogP contribution in [0.25, 0.3) is 0 Å². The van der Waals surface area contributed by atoms with Crippen LogP contribution >= 0.6 is 0 Å². The van der Waals surface area contributed by atoms with Gasteiger partial charge >= 0.3 is 5.97 Å². The van der Waals surface area contributed by atoms with Gasteiger partial charge in [0, 0.05) is 0 Å². The van der Waals surface area contributed by atoms with Gasteiger partial charge in [0.25, 0.3) is 7.98 Å². The lowest BCUT2D eigenvalue weighted by Crippen LogP contribution is -2.27. The van der Waals surface area contributed by atoms with E-state index in [0.717, 1.165) is 0 Å². The average Bonchev–Trinajstić information content (AvgIpc) is 1.87. The highest BCUT2D eigenvalue weighted by Gasteiger charge is 2.03. The van der Waals surface area contributed by atoms with E-state index in [1.807, 2.05) is 5.34 Å². The van der Waals surface area contributed by atoms with Gasteiger partial charge in [-0.15, -0.1) is 0 Å². The van der Waals surface area contributed by atoms with Crippen molar-refractivity contribution in [3.8, 4) is 0 Å². The summed E-state index contributed by atoms with van der Waals surface area (Å²) in [6, 6.07) is 0. The molecule has 0 spiro atoms. The molecule has 0 rings (SSSR count). The van der Waals surface area contributed by atoms with E-state index in [-0.39, 0.29) is 5.84 Å². The Morgan fingerprint density at radius 2 is 2.44 bits per heavy atom. The average molecular weight is 127 g/mol. The van der Waals surface area contributed by atoms with Crippen molar-refractivity contribution >= 4 is 19.8 Å². The Labute approximate surface area is 53.7 Å². The van der Waals surface area contributed by atoms with Gasteiger partial charge in [-0.1, -0.05) is 0 Å². The molecule has 0 aliphatic rings. The van der Waals surface area contributed by atoms with Crippen molar-refractivity contribution in [3.63, 3.8) is 0 Å². The highest BCUT2D eigenvalue weighted by molar-refractivity contribution is 6.34. The van der Waals surface area contributed by atoms with Gasteiger partial charge in [0.15, 0.2) is 0 Å². The smallest absolute Gasteiger partial charge is 0.375 e. The lowest BCUT2D eigenvalue weighted by atomic mass is 10.5. The molecule has 0 aliphatic carbocycles. The first-order chi connectivity index (χ1) is 4.22. The number of esters is 1. The van der Waals surface area contributed by atoms with Crippen molar-refractivity contribution in [3.05, 3.63) is 0 Å². The second-order valence-electron chi connectivity index (χ2n) is 1.12. The van der Waals surface area contributed by atoms with Gasteiger partial charge in [-0.2, -0.15) is 5.10 Å². The van der Waals surface area contributed by atoms with E-state index in [9.17, 15) is 4.79 Å². The Hall–Kier alpha value is -1.20.